The Morgan fingerprint density at radius 2 is 1.94 bits per heavy atom. The van der Waals surface area contributed by atoms with Crippen molar-refractivity contribution in [2.75, 3.05) is 36.0 Å². The third-order valence-corrected chi connectivity index (χ3v) is 7.72. The van der Waals surface area contributed by atoms with Gasteiger partial charge < -0.3 is 20.1 Å². The van der Waals surface area contributed by atoms with Crippen LogP contribution in [0.2, 0.25) is 0 Å². The molecule has 5 rings (SSSR count). The number of hydrogen-bond acceptors (Lipinski definition) is 6. The van der Waals surface area contributed by atoms with Gasteiger partial charge in [0, 0.05) is 55.5 Å². The number of nitrogens with zero attached hydrogens (tertiary/aromatic N) is 4. The normalized spacial score (nSPS) is 14.9. The number of anilines is 2. The Kier molecular flexibility index (Phi) is 7.28. The molecule has 4 heterocycles. The molecule has 4 aromatic rings. The summed E-state index contributed by atoms with van der Waals surface area (Å²) in [6.45, 7) is 5.77. The van der Waals surface area contributed by atoms with Gasteiger partial charge >= 0.3 is 0 Å². The second kappa shape index (κ2) is 10.9. The number of aromatic amines is 1. The third kappa shape index (κ3) is 5.48. The summed E-state index contributed by atoms with van der Waals surface area (Å²) in [7, 11) is 0. The Hall–Kier alpha value is -3.39. The predicted octanol–water partition coefficient (Wildman–Crippen LogP) is 4.88. The standard InChI is InChI=1S/C27H32N6OS/c1-2-3-7-21(16-20-17-29-24-10-5-4-9-23(20)24)31-26(34)25-19-30-27(35-25)33-14-12-32(13-15-33)22-8-6-11-28-18-22/h4-6,8-11,17-19,21,29H,2-3,7,12-16H2,1H3,(H,31,34). The second-order valence-electron chi connectivity index (χ2n) is 9.07. The lowest BCUT2D eigenvalue weighted by Crippen LogP contribution is -2.46. The molecule has 2 N–H and O–H groups in total. The molecule has 1 atom stereocenters. The molecular formula is C27H32N6OS. The number of carbonyl (C=O) groups excluding carboxylic acids is 1. The van der Waals surface area contributed by atoms with Crippen molar-refractivity contribution >= 4 is 39.0 Å². The van der Waals surface area contributed by atoms with Crippen molar-refractivity contribution < 1.29 is 4.79 Å². The zero-order valence-electron chi connectivity index (χ0n) is 20.1. The van der Waals surface area contributed by atoms with Gasteiger partial charge in [0.2, 0.25) is 0 Å². The molecule has 1 fully saturated rings. The van der Waals surface area contributed by atoms with Crippen LogP contribution in [0.3, 0.4) is 0 Å². The molecule has 1 aliphatic heterocycles. The summed E-state index contributed by atoms with van der Waals surface area (Å²) in [5, 5.41) is 5.45. The smallest absolute Gasteiger partial charge is 0.263 e. The van der Waals surface area contributed by atoms with Crippen molar-refractivity contribution in [2.24, 2.45) is 0 Å². The first-order valence-electron chi connectivity index (χ1n) is 12.4. The van der Waals surface area contributed by atoms with E-state index < -0.39 is 0 Å². The molecule has 0 radical (unpaired) electrons. The van der Waals surface area contributed by atoms with Crippen LogP contribution in [0, 0.1) is 0 Å². The summed E-state index contributed by atoms with van der Waals surface area (Å²) in [5.74, 6) is -0.0244. The summed E-state index contributed by atoms with van der Waals surface area (Å²) >= 11 is 1.49. The number of fused-ring (bicyclic) bond motifs is 1. The van der Waals surface area contributed by atoms with Crippen molar-refractivity contribution in [1.29, 1.82) is 0 Å². The van der Waals surface area contributed by atoms with Crippen molar-refractivity contribution in [3.63, 3.8) is 0 Å². The molecule has 3 aromatic heterocycles. The number of nitrogens with one attached hydrogen (secondary N) is 2. The number of amides is 1. The van der Waals surface area contributed by atoms with Crippen LogP contribution in [0.1, 0.15) is 41.4 Å². The van der Waals surface area contributed by atoms with E-state index in [2.05, 4.69) is 67.5 Å². The number of para-hydroxylation sites is 1. The first-order chi connectivity index (χ1) is 17.2. The lowest BCUT2D eigenvalue weighted by molar-refractivity contribution is 0.0938. The highest BCUT2D eigenvalue weighted by molar-refractivity contribution is 7.17. The maximum absolute atomic E-state index is 13.2. The minimum atomic E-state index is -0.0244. The average Bonchev–Trinajstić information content (AvgIpc) is 3.56. The molecule has 1 unspecified atom stereocenters. The highest BCUT2D eigenvalue weighted by atomic mass is 32.1. The minimum absolute atomic E-state index is 0.0244. The molecule has 1 aromatic carbocycles. The lowest BCUT2D eigenvalue weighted by atomic mass is 10.0. The van der Waals surface area contributed by atoms with E-state index in [1.165, 1.54) is 22.3 Å². The Morgan fingerprint density at radius 1 is 1.11 bits per heavy atom. The number of H-pyrrole nitrogens is 1. The highest BCUT2D eigenvalue weighted by Crippen LogP contribution is 2.26. The minimum Gasteiger partial charge on any atom is -0.367 e. The molecule has 0 spiro atoms. The molecule has 0 saturated carbocycles. The molecule has 7 nitrogen and oxygen atoms in total. The summed E-state index contributed by atoms with van der Waals surface area (Å²) in [6, 6.07) is 12.5. The Bertz CT molecular complexity index is 1240. The van der Waals surface area contributed by atoms with Crippen molar-refractivity contribution in [1.82, 2.24) is 20.3 Å². The van der Waals surface area contributed by atoms with Crippen LogP contribution in [0.4, 0.5) is 10.8 Å². The molecule has 0 aliphatic carbocycles. The SMILES string of the molecule is CCCCC(Cc1c[nH]c2ccccc12)NC(=O)c1cnc(N2CCN(c3cccnc3)CC2)s1. The summed E-state index contributed by atoms with van der Waals surface area (Å²) < 4.78 is 0. The van der Waals surface area contributed by atoms with Gasteiger partial charge in [0.05, 0.1) is 18.1 Å². The number of rotatable bonds is 9. The van der Waals surface area contributed by atoms with E-state index in [9.17, 15) is 4.79 Å². The fourth-order valence-corrected chi connectivity index (χ4v) is 5.58. The van der Waals surface area contributed by atoms with E-state index in [4.69, 9.17) is 0 Å². The summed E-state index contributed by atoms with van der Waals surface area (Å²) in [6.07, 6.45) is 11.5. The number of aromatic nitrogens is 3. The second-order valence-corrected chi connectivity index (χ2v) is 10.1. The fourth-order valence-electron chi connectivity index (χ4n) is 4.71. The van der Waals surface area contributed by atoms with Gasteiger partial charge in [0.25, 0.3) is 5.91 Å². The predicted molar refractivity (Wildman–Crippen MR) is 144 cm³/mol. The number of piperazine rings is 1. The van der Waals surface area contributed by atoms with Crippen LogP contribution in [0.15, 0.2) is 61.2 Å². The number of unbranched alkanes of at least 4 members (excludes halogenated alkanes) is 1. The fraction of sp³-hybridized carbons (Fsp3) is 0.370. The number of benzene rings is 1. The van der Waals surface area contributed by atoms with E-state index in [0.29, 0.717) is 4.88 Å². The lowest BCUT2D eigenvalue weighted by Gasteiger charge is -2.35. The Labute approximate surface area is 210 Å². The molecule has 1 saturated heterocycles. The van der Waals surface area contributed by atoms with E-state index in [-0.39, 0.29) is 11.9 Å². The van der Waals surface area contributed by atoms with Gasteiger partial charge in [-0.15, -0.1) is 0 Å². The molecule has 182 valence electrons. The van der Waals surface area contributed by atoms with Crippen LogP contribution < -0.4 is 15.1 Å². The first kappa shape index (κ1) is 23.4. The molecular weight excluding hydrogens is 456 g/mol. The molecule has 1 aliphatic rings. The van der Waals surface area contributed by atoms with Gasteiger partial charge in [0.15, 0.2) is 5.13 Å². The Balaban J connectivity index is 1.21. The van der Waals surface area contributed by atoms with E-state index in [1.807, 2.05) is 18.3 Å². The maximum atomic E-state index is 13.2. The van der Waals surface area contributed by atoms with E-state index in [1.54, 1.807) is 12.4 Å². The zero-order valence-corrected chi connectivity index (χ0v) is 20.9. The monoisotopic (exact) mass is 488 g/mol. The van der Waals surface area contributed by atoms with Gasteiger partial charge in [-0.3, -0.25) is 9.78 Å². The van der Waals surface area contributed by atoms with Crippen molar-refractivity contribution in [3.05, 3.63) is 71.6 Å². The molecule has 35 heavy (non-hydrogen) atoms. The van der Waals surface area contributed by atoms with Crippen molar-refractivity contribution in [3.8, 4) is 0 Å². The number of thiazole rings is 1. The zero-order chi connectivity index (χ0) is 24.0. The van der Waals surface area contributed by atoms with Gasteiger partial charge in [-0.05, 0) is 36.6 Å². The van der Waals surface area contributed by atoms with Gasteiger partial charge in [-0.25, -0.2) is 4.98 Å². The van der Waals surface area contributed by atoms with Gasteiger partial charge in [-0.2, -0.15) is 0 Å². The summed E-state index contributed by atoms with van der Waals surface area (Å²) in [5.41, 5.74) is 3.54. The van der Waals surface area contributed by atoms with Crippen LogP contribution in [-0.2, 0) is 6.42 Å². The third-order valence-electron chi connectivity index (χ3n) is 6.66. The number of hydrogen-bond donors (Lipinski definition) is 2. The van der Waals surface area contributed by atoms with Crippen LogP contribution in [0.25, 0.3) is 10.9 Å². The average molecular weight is 489 g/mol. The van der Waals surface area contributed by atoms with Gasteiger partial charge in [0.1, 0.15) is 4.88 Å². The number of pyridine rings is 1. The van der Waals surface area contributed by atoms with Gasteiger partial charge in [-0.1, -0.05) is 49.3 Å². The van der Waals surface area contributed by atoms with E-state index in [0.717, 1.165) is 68.2 Å². The van der Waals surface area contributed by atoms with Crippen molar-refractivity contribution in [2.45, 2.75) is 38.6 Å². The molecule has 0 bridgehead atoms. The van der Waals surface area contributed by atoms with Crippen LogP contribution >= 0.6 is 11.3 Å². The Morgan fingerprint density at radius 3 is 2.74 bits per heavy atom. The topological polar surface area (TPSA) is 77.2 Å². The summed E-state index contributed by atoms with van der Waals surface area (Å²) in [4.78, 5) is 30.6. The first-order valence-corrected chi connectivity index (χ1v) is 13.2. The maximum Gasteiger partial charge on any atom is 0.263 e. The quantitative estimate of drug-likeness (QED) is 0.351. The largest absolute Gasteiger partial charge is 0.367 e. The number of carbonyl (C=O) groups is 1. The molecule has 8 heteroatoms. The molecule has 1 amide bonds. The van der Waals surface area contributed by atoms with Crippen LogP contribution in [0.5, 0.6) is 0 Å². The van der Waals surface area contributed by atoms with Crippen LogP contribution in [-0.4, -0.2) is 53.1 Å². The van der Waals surface area contributed by atoms with E-state index >= 15 is 0 Å². The highest BCUT2D eigenvalue weighted by Gasteiger charge is 2.22.